The summed E-state index contributed by atoms with van der Waals surface area (Å²) in [5.74, 6) is 1.01. The fraction of sp³-hybridized carbons (Fsp3) is 0.476. The number of nitrogens with one attached hydrogen (secondary N) is 1. The lowest BCUT2D eigenvalue weighted by Crippen LogP contribution is -2.34. The largest absolute Gasteiger partial charge is 0.481 e. The molecule has 4 rings (SSSR count). The average molecular weight is 524 g/mol. The summed E-state index contributed by atoms with van der Waals surface area (Å²) in [6, 6.07) is 5.23. The molecule has 1 N–H and O–H groups in total. The average Bonchev–Trinajstić information content (AvgIpc) is 3.51. The van der Waals surface area contributed by atoms with Crippen molar-refractivity contribution in [3.05, 3.63) is 41.4 Å². The molecule has 35 heavy (non-hydrogen) atoms. The zero-order valence-corrected chi connectivity index (χ0v) is 21.0. The Morgan fingerprint density at radius 1 is 1.26 bits per heavy atom. The normalized spacial score (nSPS) is 17.8. The van der Waals surface area contributed by atoms with Crippen molar-refractivity contribution in [1.82, 2.24) is 29.7 Å². The monoisotopic (exact) mass is 523 g/mol. The van der Waals surface area contributed by atoms with Crippen LogP contribution in [0, 0.1) is 0 Å². The Bertz CT molecular complexity index is 1250. The first kappa shape index (κ1) is 25.2. The van der Waals surface area contributed by atoms with Crippen LogP contribution in [-0.4, -0.2) is 70.3 Å². The lowest BCUT2D eigenvalue weighted by molar-refractivity contribution is 0.0949. The molecule has 1 aliphatic rings. The van der Waals surface area contributed by atoms with E-state index >= 15 is 0 Å². The van der Waals surface area contributed by atoms with Crippen LogP contribution in [0.15, 0.2) is 30.6 Å². The molecule has 0 bridgehead atoms. The first-order valence-electron chi connectivity index (χ1n) is 10.9. The third-order valence-corrected chi connectivity index (χ3v) is 7.51. The number of hydrogen-bond acceptors (Lipinski definition) is 10. The van der Waals surface area contributed by atoms with Crippen molar-refractivity contribution in [1.29, 1.82) is 0 Å². The predicted molar refractivity (Wildman–Crippen MR) is 128 cm³/mol. The summed E-state index contributed by atoms with van der Waals surface area (Å²) in [5.41, 5.74) is 0.484. The standard InChI is InChI=1S/C21H26ClN7O5S/c1-13(18(33-3)19-23-10-14(22)11-24-19)35(30,31)28-21-27-26-20(16-7-4-8-17(25-16)32-2)29(21)12-15-6-5-9-34-15/h4,7-8,10-11,13,15,18H,5-6,9,12H2,1-3H3,(H,27,28)/t13-,15+,18-/m0/s1. The summed E-state index contributed by atoms with van der Waals surface area (Å²) >= 11 is 5.86. The molecule has 0 amide bonds. The first-order chi connectivity index (χ1) is 16.8. The number of ether oxygens (including phenoxy) is 3. The fourth-order valence-electron chi connectivity index (χ4n) is 3.75. The summed E-state index contributed by atoms with van der Waals surface area (Å²) < 4.78 is 47.3. The highest BCUT2D eigenvalue weighted by molar-refractivity contribution is 7.93. The Kier molecular flexibility index (Phi) is 7.79. The second-order valence-electron chi connectivity index (χ2n) is 7.93. The number of sulfonamides is 1. The minimum absolute atomic E-state index is 0.0406. The molecule has 3 atom stereocenters. The van der Waals surface area contributed by atoms with Crippen LogP contribution in [-0.2, 0) is 26.0 Å². The van der Waals surface area contributed by atoms with Gasteiger partial charge in [0.25, 0.3) is 0 Å². The number of anilines is 1. The number of pyridine rings is 1. The van der Waals surface area contributed by atoms with Crippen LogP contribution < -0.4 is 9.46 Å². The molecule has 0 aromatic carbocycles. The maximum absolute atomic E-state index is 13.4. The molecule has 1 fully saturated rings. The topological polar surface area (TPSA) is 143 Å². The molecule has 0 saturated carbocycles. The molecule has 1 aliphatic heterocycles. The summed E-state index contributed by atoms with van der Waals surface area (Å²) in [6.07, 6.45) is 3.48. The fourth-order valence-corrected chi connectivity index (χ4v) is 4.99. The second kappa shape index (κ2) is 10.8. The number of aromatic nitrogens is 6. The Morgan fingerprint density at radius 3 is 2.69 bits per heavy atom. The van der Waals surface area contributed by atoms with Crippen LogP contribution in [0.4, 0.5) is 5.95 Å². The van der Waals surface area contributed by atoms with E-state index in [-0.39, 0.29) is 17.9 Å². The van der Waals surface area contributed by atoms with Gasteiger partial charge in [0.1, 0.15) is 17.0 Å². The van der Waals surface area contributed by atoms with Gasteiger partial charge in [-0.2, -0.15) is 0 Å². The predicted octanol–water partition coefficient (Wildman–Crippen LogP) is 2.49. The van der Waals surface area contributed by atoms with E-state index in [1.54, 1.807) is 22.8 Å². The number of methoxy groups -OCH3 is 2. The minimum Gasteiger partial charge on any atom is -0.481 e. The molecule has 12 nitrogen and oxygen atoms in total. The Morgan fingerprint density at radius 2 is 2.03 bits per heavy atom. The minimum atomic E-state index is -4.02. The van der Waals surface area contributed by atoms with Gasteiger partial charge in [-0.25, -0.2) is 23.4 Å². The van der Waals surface area contributed by atoms with Gasteiger partial charge in [0.15, 0.2) is 11.6 Å². The van der Waals surface area contributed by atoms with Gasteiger partial charge in [0.2, 0.25) is 21.9 Å². The van der Waals surface area contributed by atoms with E-state index in [2.05, 4.69) is 29.9 Å². The molecule has 3 aromatic rings. The Balaban J connectivity index is 1.66. The number of hydrogen-bond donors (Lipinski definition) is 1. The Labute approximate surface area is 208 Å². The van der Waals surface area contributed by atoms with Gasteiger partial charge in [-0.3, -0.25) is 9.29 Å². The van der Waals surface area contributed by atoms with E-state index < -0.39 is 21.4 Å². The van der Waals surface area contributed by atoms with Gasteiger partial charge >= 0.3 is 0 Å². The molecule has 0 spiro atoms. The van der Waals surface area contributed by atoms with E-state index in [4.69, 9.17) is 25.8 Å². The van der Waals surface area contributed by atoms with E-state index in [0.717, 1.165) is 12.8 Å². The summed E-state index contributed by atoms with van der Waals surface area (Å²) in [4.78, 5) is 12.6. The zero-order valence-electron chi connectivity index (χ0n) is 19.5. The van der Waals surface area contributed by atoms with Crippen molar-refractivity contribution in [3.8, 4) is 17.4 Å². The molecule has 1 saturated heterocycles. The molecule has 4 heterocycles. The number of rotatable bonds is 10. The molecule has 14 heteroatoms. The lowest BCUT2D eigenvalue weighted by atomic mass is 10.2. The maximum Gasteiger partial charge on any atom is 0.240 e. The van der Waals surface area contributed by atoms with Crippen LogP contribution in [0.2, 0.25) is 5.02 Å². The number of halogens is 1. The molecular weight excluding hydrogens is 498 g/mol. The van der Waals surface area contributed by atoms with E-state index in [9.17, 15) is 8.42 Å². The van der Waals surface area contributed by atoms with Crippen molar-refractivity contribution in [3.63, 3.8) is 0 Å². The van der Waals surface area contributed by atoms with Gasteiger partial charge < -0.3 is 14.2 Å². The van der Waals surface area contributed by atoms with E-state index in [0.29, 0.717) is 35.6 Å². The molecule has 3 aromatic heterocycles. The van der Waals surface area contributed by atoms with Gasteiger partial charge in [0, 0.05) is 32.2 Å². The SMILES string of the molecule is COc1cccc(-c2nnc(NS(=O)(=O)[C@@H](C)[C@H](OC)c3ncc(Cl)cn3)n2C[C@H]2CCCO2)n1. The number of nitrogens with zero attached hydrogens (tertiary/aromatic N) is 6. The van der Waals surface area contributed by atoms with Crippen LogP contribution in [0.3, 0.4) is 0 Å². The van der Waals surface area contributed by atoms with Gasteiger partial charge in [-0.15, -0.1) is 10.2 Å². The molecule has 188 valence electrons. The summed E-state index contributed by atoms with van der Waals surface area (Å²) in [5, 5.41) is 7.61. The van der Waals surface area contributed by atoms with Crippen LogP contribution in [0.5, 0.6) is 5.88 Å². The molecular formula is C21H26ClN7O5S. The maximum atomic E-state index is 13.4. The van der Waals surface area contributed by atoms with Crippen molar-refractivity contribution < 1.29 is 22.6 Å². The highest BCUT2D eigenvalue weighted by Gasteiger charge is 2.34. The summed E-state index contributed by atoms with van der Waals surface area (Å²) in [6.45, 7) is 2.50. The van der Waals surface area contributed by atoms with Crippen molar-refractivity contribution in [2.24, 2.45) is 0 Å². The van der Waals surface area contributed by atoms with E-state index in [1.807, 2.05) is 0 Å². The first-order valence-corrected chi connectivity index (χ1v) is 12.8. The van der Waals surface area contributed by atoms with Crippen molar-refractivity contribution in [2.75, 3.05) is 25.5 Å². The zero-order chi connectivity index (χ0) is 25.0. The quantitative estimate of drug-likeness (QED) is 0.420. The Hall–Kier alpha value is -2.87. The van der Waals surface area contributed by atoms with Crippen LogP contribution >= 0.6 is 11.6 Å². The van der Waals surface area contributed by atoms with Crippen molar-refractivity contribution >= 4 is 27.6 Å². The summed E-state index contributed by atoms with van der Waals surface area (Å²) in [7, 11) is -1.11. The van der Waals surface area contributed by atoms with E-state index in [1.165, 1.54) is 33.5 Å². The third-order valence-electron chi connectivity index (χ3n) is 5.62. The van der Waals surface area contributed by atoms with Crippen LogP contribution in [0.1, 0.15) is 31.7 Å². The highest BCUT2D eigenvalue weighted by atomic mass is 35.5. The van der Waals surface area contributed by atoms with Crippen molar-refractivity contribution in [2.45, 2.75) is 43.8 Å². The highest BCUT2D eigenvalue weighted by Crippen LogP contribution is 2.28. The van der Waals surface area contributed by atoms with Crippen LogP contribution in [0.25, 0.3) is 11.5 Å². The van der Waals surface area contributed by atoms with Gasteiger partial charge in [0.05, 0.1) is 24.8 Å². The third kappa shape index (κ3) is 5.69. The molecule has 0 unspecified atom stereocenters. The van der Waals surface area contributed by atoms with Gasteiger partial charge in [-0.05, 0) is 25.8 Å². The lowest BCUT2D eigenvalue weighted by Gasteiger charge is -2.22. The second-order valence-corrected chi connectivity index (χ2v) is 10.4. The molecule has 0 aliphatic carbocycles. The van der Waals surface area contributed by atoms with Gasteiger partial charge in [-0.1, -0.05) is 17.7 Å². The molecule has 0 radical (unpaired) electrons. The smallest absolute Gasteiger partial charge is 0.240 e.